The molecule has 30 heteroatoms. The molecule has 2 aliphatic rings. The average Bonchev–Trinajstić information content (AvgIpc) is 1.64. The van der Waals surface area contributed by atoms with Crippen molar-refractivity contribution in [3.05, 3.63) is 123 Å². The van der Waals surface area contributed by atoms with E-state index >= 15 is 0 Å². The van der Waals surface area contributed by atoms with Crippen molar-refractivity contribution in [2.24, 2.45) is 11.1 Å². The third-order valence-electron chi connectivity index (χ3n) is 17.1. The number of hydrogen-bond acceptors (Lipinski definition) is 19. The minimum atomic E-state index is -1.04. The zero-order chi connectivity index (χ0) is 70.7. The van der Waals surface area contributed by atoms with Gasteiger partial charge in [-0.25, -0.2) is 15.0 Å². The number of amides is 7. The zero-order valence-electron chi connectivity index (χ0n) is 57.3. The van der Waals surface area contributed by atoms with Crippen molar-refractivity contribution in [3.8, 4) is 21.9 Å². The fourth-order valence-corrected chi connectivity index (χ4v) is 12.9. The number of aryl methyl sites for hydroxylation is 5. The van der Waals surface area contributed by atoms with Crippen LogP contribution in [-0.4, -0.2) is 191 Å². The molecule has 2 aliphatic heterocycles. The number of likely N-dealkylation sites (tertiary alicyclic amines) is 1. The van der Waals surface area contributed by atoms with E-state index in [1.807, 2.05) is 57.2 Å². The Kier molecular flexibility index (Phi) is 23.4. The molecule has 0 aliphatic carbocycles. The molecule has 526 valence electrons. The number of nitrogens with one attached hydrogen (secondary N) is 5. The lowest BCUT2D eigenvalue weighted by Crippen LogP contribution is -2.57. The Balaban J connectivity index is 0.808. The van der Waals surface area contributed by atoms with Crippen molar-refractivity contribution in [2.45, 2.75) is 126 Å². The number of primary amides is 1. The van der Waals surface area contributed by atoms with Gasteiger partial charge >= 0.3 is 0 Å². The lowest BCUT2D eigenvalue weighted by Gasteiger charge is -2.35. The van der Waals surface area contributed by atoms with Gasteiger partial charge in [0.25, 0.3) is 17.7 Å². The Labute approximate surface area is 576 Å². The Hall–Kier alpha value is -9.88. The second-order valence-corrected chi connectivity index (χ2v) is 26.3. The van der Waals surface area contributed by atoms with Gasteiger partial charge in [-0.15, -0.1) is 11.3 Å². The van der Waals surface area contributed by atoms with E-state index in [1.165, 1.54) is 12.0 Å². The number of aliphatic hydroxyl groups is 1. The monoisotopic (exact) mass is 1380 g/mol. The number of carbonyl (C=O) groups excluding carboxylic acids is 7. The van der Waals surface area contributed by atoms with E-state index in [1.54, 1.807) is 106 Å². The molecule has 8 aromatic rings. The number of rotatable bonds is 30. The number of hydrogen-bond donors (Lipinski definition) is 7. The molecule has 0 spiro atoms. The third-order valence-corrected chi connectivity index (χ3v) is 18.1. The highest BCUT2D eigenvalue weighted by Crippen LogP contribution is 2.35. The Morgan fingerprint density at radius 3 is 1.96 bits per heavy atom. The predicted molar refractivity (Wildman–Crippen MR) is 372 cm³/mol. The van der Waals surface area contributed by atoms with E-state index in [-0.39, 0.29) is 87.6 Å². The van der Waals surface area contributed by atoms with Gasteiger partial charge < -0.3 is 59.8 Å². The highest BCUT2D eigenvalue weighted by atomic mass is 32.1. The average molecular weight is 1380 g/mol. The summed E-state index contributed by atoms with van der Waals surface area (Å²) < 4.78 is 30.4. The largest absolute Gasteiger partial charge is 0.494 e. The number of thiazole rings is 1. The second kappa shape index (κ2) is 32.2. The number of ether oxygens (including phenoxy) is 4. The maximum absolute atomic E-state index is 14.3. The Morgan fingerprint density at radius 2 is 1.38 bits per heavy atom. The van der Waals surface area contributed by atoms with E-state index in [2.05, 4.69) is 46.7 Å². The lowest BCUT2D eigenvalue weighted by atomic mass is 9.85. The van der Waals surface area contributed by atoms with Gasteiger partial charge in [-0.1, -0.05) is 57.2 Å². The van der Waals surface area contributed by atoms with Gasteiger partial charge in [0, 0.05) is 89.4 Å². The highest BCUT2D eigenvalue weighted by molar-refractivity contribution is 7.13. The molecule has 7 heterocycles. The number of imidazole rings is 2. The van der Waals surface area contributed by atoms with Crippen LogP contribution in [0.15, 0.2) is 78.3 Å². The number of methoxy groups -OCH3 is 1. The van der Waals surface area contributed by atoms with Crippen LogP contribution < -0.4 is 41.8 Å². The molecule has 29 nitrogen and oxygen atoms in total. The van der Waals surface area contributed by atoms with E-state index in [0.29, 0.717) is 89.9 Å². The van der Waals surface area contributed by atoms with Gasteiger partial charge in [0.1, 0.15) is 46.0 Å². The molecule has 8 N–H and O–H groups in total. The van der Waals surface area contributed by atoms with Crippen LogP contribution >= 0.6 is 11.3 Å². The molecule has 7 amide bonds. The summed E-state index contributed by atoms with van der Waals surface area (Å²) in [5, 5.41) is 34.2. The number of aliphatic hydroxyl groups excluding tert-OH is 1. The zero-order valence-corrected chi connectivity index (χ0v) is 58.1. The van der Waals surface area contributed by atoms with Crippen molar-refractivity contribution in [2.75, 3.05) is 83.5 Å². The van der Waals surface area contributed by atoms with Crippen LogP contribution in [0.3, 0.4) is 0 Å². The first-order valence-corrected chi connectivity index (χ1v) is 34.0. The minimum absolute atomic E-state index is 0.0222. The maximum Gasteiger partial charge on any atom is 0.276 e. The van der Waals surface area contributed by atoms with Crippen molar-refractivity contribution in [1.29, 1.82) is 0 Å². The van der Waals surface area contributed by atoms with Gasteiger partial charge in [-0.05, 0) is 94.0 Å². The molecule has 3 atom stereocenters. The maximum atomic E-state index is 14.3. The summed E-state index contributed by atoms with van der Waals surface area (Å²) >= 11 is 1.55. The number of aromatic nitrogens is 9. The molecule has 5 aromatic heterocycles. The SMILES string of the molecule is CCn1nc(C)cc1C(=O)Nc1nc2cc(C(=O)NCCOCCC(=O)N[C@@H](C(=O)N3C[C@H](O)C[C@H]3C(=O)NCc3ccc(-c4scnc4C)cc3)C(C)(C)C)cc(OC)c2n1C/C=C/Cn1c(NC(=O)c2cc(C)nn2CC)nc2cc(C(N)=O)cc(OCCCN3CCOCC3)c21. The number of carbonyl (C=O) groups is 7. The van der Waals surface area contributed by atoms with Crippen molar-refractivity contribution < 1.29 is 57.6 Å². The summed E-state index contributed by atoms with van der Waals surface area (Å²) in [6, 6.07) is 15.4. The smallest absolute Gasteiger partial charge is 0.276 e. The number of β-amino-alcohol motifs (C(OH)–C–C–N with tert-alkyl or cyclic N) is 1. The lowest BCUT2D eigenvalue weighted by molar-refractivity contribution is -0.144. The van der Waals surface area contributed by atoms with Gasteiger partial charge in [0.15, 0.2) is 0 Å². The van der Waals surface area contributed by atoms with Crippen LogP contribution in [0.4, 0.5) is 11.9 Å². The molecule has 0 saturated carbocycles. The van der Waals surface area contributed by atoms with Crippen molar-refractivity contribution in [3.63, 3.8) is 0 Å². The molecule has 2 saturated heterocycles. The molecule has 0 radical (unpaired) electrons. The topological polar surface area (TPSA) is 353 Å². The summed E-state index contributed by atoms with van der Waals surface area (Å²) in [5.41, 5.74) is 13.6. The van der Waals surface area contributed by atoms with Crippen molar-refractivity contribution >= 4 is 86.7 Å². The predicted octanol–water partition coefficient (Wildman–Crippen LogP) is 5.78. The third kappa shape index (κ3) is 17.3. The fourth-order valence-electron chi connectivity index (χ4n) is 12.1. The van der Waals surface area contributed by atoms with Crippen molar-refractivity contribution in [1.82, 2.24) is 69.4 Å². The van der Waals surface area contributed by atoms with E-state index in [0.717, 1.165) is 41.3 Å². The molecular weight excluding hydrogens is 1290 g/mol. The normalized spacial score (nSPS) is 15.4. The molecule has 3 aromatic carbocycles. The van der Waals surface area contributed by atoms with Crippen LogP contribution in [0, 0.1) is 26.2 Å². The standard InChI is InChI=1S/C69H87N17O12S/c1-10-85-52(31-41(3)79-85)64(92)77-67-75-50-34-47(62(90)71-20-28-96-27-19-56(88)76-60(69(6,7)8)66(94)84-39-48(87)37-51(84)63(91)72-38-44-15-17-45(18-16-44)59-43(5)73-40-99-59)36-54(95-9)57(50)82(67)22-12-13-23-83-58-49(74-68(83)78-65(93)53-32-42(4)80-86(53)11-2)33-46(61(70)89)35-55(58)98-26-14-21-81-24-29-97-30-25-81/h12-13,15-18,31-36,40,48,51,60,87H,10-11,14,19-30,37-39H2,1-9H3,(H2,70,89)(H,71,90)(H,72,91)(H,76,88)(H,74,78,93)(H,75,77,92)/b13-12+/t48-,51+,60+/m1/s1. The number of benzene rings is 3. The number of anilines is 2. The highest BCUT2D eigenvalue weighted by Gasteiger charge is 2.44. The summed E-state index contributed by atoms with van der Waals surface area (Å²) in [6.45, 7) is 19.9. The first-order chi connectivity index (χ1) is 47.5. The van der Waals surface area contributed by atoms with Crippen LogP contribution in [0.25, 0.3) is 32.5 Å². The Morgan fingerprint density at radius 1 is 0.778 bits per heavy atom. The molecule has 10 rings (SSSR count). The van der Waals surface area contributed by atoms with Gasteiger partial charge in [0.2, 0.25) is 35.5 Å². The van der Waals surface area contributed by atoms with Gasteiger partial charge in [-0.3, -0.25) is 58.5 Å². The van der Waals surface area contributed by atoms with Crippen LogP contribution in [0.5, 0.6) is 11.5 Å². The number of morpholine rings is 1. The van der Waals surface area contributed by atoms with Crippen LogP contribution in [-0.2, 0) is 56.6 Å². The fraction of sp³-hybridized carbons (Fsp3) is 0.449. The van der Waals surface area contributed by atoms with E-state index in [9.17, 15) is 38.7 Å². The number of nitrogens with two attached hydrogens (primary N) is 1. The first-order valence-electron chi connectivity index (χ1n) is 33.1. The number of nitrogens with zero attached hydrogens (tertiary/aromatic N) is 11. The molecule has 99 heavy (non-hydrogen) atoms. The summed E-state index contributed by atoms with van der Waals surface area (Å²) in [7, 11) is 1.45. The minimum Gasteiger partial charge on any atom is -0.494 e. The molecule has 2 fully saturated rings. The van der Waals surface area contributed by atoms with E-state index < -0.39 is 65.0 Å². The first kappa shape index (κ1) is 71.9. The summed E-state index contributed by atoms with van der Waals surface area (Å²) in [5.74, 6) is -2.62. The summed E-state index contributed by atoms with van der Waals surface area (Å²) in [6.07, 6.45) is 3.34. The van der Waals surface area contributed by atoms with Gasteiger partial charge in [-0.2, -0.15) is 10.2 Å². The number of fused-ring (bicyclic) bond motifs is 2. The Bertz CT molecular complexity index is 4290. The molecule has 0 unspecified atom stereocenters. The number of allylic oxidation sites excluding steroid dienone is 2. The van der Waals surface area contributed by atoms with Crippen LogP contribution in [0.1, 0.15) is 118 Å². The van der Waals surface area contributed by atoms with Crippen LogP contribution in [0.2, 0.25) is 0 Å². The molecule has 0 bridgehead atoms. The van der Waals surface area contributed by atoms with Gasteiger partial charge in [0.05, 0.1) is 84.8 Å². The quantitative estimate of drug-likeness (QED) is 0.0207. The van der Waals surface area contributed by atoms with E-state index in [4.69, 9.17) is 34.6 Å². The second-order valence-electron chi connectivity index (χ2n) is 25.4. The summed E-state index contributed by atoms with van der Waals surface area (Å²) in [4.78, 5) is 115. The molecular formula is C69H87N17O12S.